The monoisotopic (exact) mass is 334 g/mol. The Kier molecular flexibility index (Phi) is 5.19. The maximum absolute atomic E-state index is 12.9. The quantitative estimate of drug-likeness (QED) is 0.752. The Labute approximate surface area is 146 Å². The second-order valence-electron chi connectivity index (χ2n) is 5.82. The van der Waals surface area contributed by atoms with E-state index in [0.717, 1.165) is 23.1 Å². The summed E-state index contributed by atoms with van der Waals surface area (Å²) < 4.78 is 12.9. The van der Waals surface area contributed by atoms with Crippen LogP contribution >= 0.6 is 0 Å². The van der Waals surface area contributed by atoms with Gasteiger partial charge in [0.25, 0.3) is 5.91 Å². The van der Waals surface area contributed by atoms with Gasteiger partial charge in [-0.15, -0.1) is 0 Å². The van der Waals surface area contributed by atoms with E-state index in [0.29, 0.717) is 12.1 Å². The van der Waals surface area contributed by atoms with Crippen molar-refractivity contribution in [1.29, 1.82) is 0 Å². The Morgan fingerprint density at radius 1 is 0.960 bits per heavy atom. The fourth-order valence-corrected chi connectivity index (χ4v) is 2.54. The van der Waals surface area contributed by atoms with Gasteiger partial charge in [-0.05, 0) is 41.3 Å². The highest BCUT2D eigenvalue weighted by Gasteiger charge is 2.08. The number of hydrogen-bond donors (Lipinski definition) is 1. The maximum atomic E-state index is 12.9. The molecule has 1 amide bonds. The third-order valence-electron chi connectivity index (χ3n) is 4.06. The molecule has 3 aromatic rings. The van der Waals surface area contributed by atoms with Crippen molar-refractivity contribution in [2.24, 2.45) is 0 Å². The second-order valence-corrected chi connectivity index (χ2v) is 5.82. The van der Waals surface area contributed by atoms with Crippen LogP contribution in [0.25, 0.3) is 11.1 Å². The molecule has 1 heterocycles. The van der Waals surface area contributed by atoms with Gasteiger partial charge in [-0.1, -0.05) is 43.3 Å². The molecule has 2 aromatic carbocycles. The molecule has 0 atom stereocenters. The van der Waals surface area contributed by atoms with Crippen LogP contribution in [0.4, 0.5) is 4.39 Å². The number of benzene rings is 2. The van der Waals surface area contributed by atoms with Crippen LogP contribution in [0.5, 0.6) is 0 Å². The minimum atomic E-state index is -0.291. The number of hydrogen-bond acceptors (Lipinski definition) is 2. The predicted octanol–water partition coefficient (Wildman–Crippen LogP) is 4.38. The van der Waals surface area contributed by atoms with E-state index in [9.17, 15) is 9.18 Å². The number of aromatic nitrogens is 1. The fourth-order valence-electron chi connectivity index (χ4n) is 2.54. The van der Waals surface area contributed by atoms with Crippen LogP contribution < -0.4 is 5.32 Å². The van der Waals surface area contributed by atoms with Crippen LogP contribution in [-0.2, 0) is 13.0 Å². The van der Waals surface area contributed by atoms with Gasteiger partial charge >= 0.3 is 0 Å². The minimum absolute atomic E-state index is 0.205. The molecule has 0 saturated carbocycles. The average Bonchev–Trinajstić information content (AvgIpc) is 2.67. The van der Waals surface area contributed by atoms with Gasteiger partial charge in [0.1, 0.15) is 5.82 Å². The van der Waals surface area contributed by atoms with E-state index in [1.54, 1.807) is 24.5 Å². The highest BCUT2D eigenvalue weighted by Crippen LogP contribution is 2.20. The summed E-state index contributed by atoms with van der Waals surface area (Å²) in [7, 11) is 0. The molecule has 0 radical (unpaired) electrons. The molecule has 3 nitrogen and oxygen atoms in total. The lowest BCUT2D eigenvalue weighted by molar-refractivity contribution is 0.0950. The first-order chi connectivity index (χ1) is 12.2. The van der Waals surface area contributed by atoms with Crippen molar-refractivity contribution in [3.8, 4) is 11.1 Å². The van der Waals surface area contributed by atoms with E-state index in [4.69, 9.17) is 0 Å². The molecule has 0 bridgehead atoms. The highest BCUT2D eigenvalue weighted by atomic mass is 19.1. The summed E-state index contributed by atoms with van der Waals surface area (Å²) in [4.78, 5) is 16.5. The molecule has 0 aliphatic rings. The van der Waals surface area contributed by atoms with Crippen molar-refractivity contribution in [2.45, 2.75) is 19.9 Å². The van der Waals surface area contributed by atoms with Crippen molar-refractivity contribution < 1.29 is 9.18 Å². The first-order valence-electron chi connectivity index (χ1n) is 8.22. The van der Waals surface area contributed by atoms with E-state index in [-0.39, 0.29) is 11.7 Å². The third-order valence-corrected chi connectivity index (χ3v) is 4.06. The zero-order valence-corrected chi connectivity index (χ0v) is 14.0. The van der Waals surface area contributed by atoms with Crippen LogP contribution in [0.2, 0.25) is 0 Å². The zero-order valence-electron chi connectivity index (χ0n) is 14.0. The van der Waals surface area contributed by atoms with E-state index < -0.39 is 0 Å². The summed E-state index contributed by atoms with van der Waals surface area (Å²) in [5.74, 6) is -0.495. The number of pyridine rings is 1. The van der Waals surface area contributed by atoms with Crippen LogP contribution in [0, 0.1) is 5.82 Å². The van der Waals surface area contributed by atoms with Crippen molar-refractivity contribution in [1.82, 2.24) is 10.3 Å². The number of carbonyl (C=O) groups is 1. The van der Waals surface area contributed by atoms with Gasteiger partial charge in [-0.3, -0.25) is 9.78 Å². The molecule has 1 N–H and O–H groups in total. The van der Waals surface area contributed by atoms with E-state index in [1.807, 2.05) is 18.2 Å². The van der Waals surface area contributed by atoms with Gasteiger partial charge in [0.2, 0.25) is 0 Å². The summed E-state index contributed by atoms with van der Waals surface area (Å²) in [6.45, 7) is 2.46. The molecule has 3 rings (SSSR count). The molecule has 4 heteroatoms. The standard InChI is InChI=1S/C21H19FN2O/c1-2-15-3-7-17(8-4-15)18-11-19(14-23-13-18)21(25)24-12-16-5-9-20(22)10-6-16/h3-11,13-14H,2,12H2,1H3,(H,24,25). The van der Waals surface area contributed by atoms with Gasteiger partial charge in [0.15, 0.2) is 0 Å². The number of halogens is 1. The average molecular weight is 334 g/mol. The number of rotatable bonds is 5. The van der Waals surface area contributed by atoms with Crippen LogP contribution in [0.15, 0.2) is 67.0 Å². The van der Waals surface area contributed by atoms with Gasteiger partial charge in [0.05, 0.1) is 5.56 Å². The maximum Gasteiger partial charge on any atom is 0.253 e. The van der Waals surface area contributed by atoms with Gasteiger partial charge in [-0.2, -0.15) is 0 Å². The number of nitrogens with zero attached hydrogens (tertiary/aromatic N) is 1. The minimum Gasteiger partial charge on any atom is -0.348 e. The highest BCUT2D eigenvalue weighted by molar-refractivity contribution is 5.95. The third kappa shape index (κ3) is 4.29. The van der Waals surface area contributed by atoms with Crippen molar-refractivity contribution in [3.05, 3.63) is 89.5 Å². The van der Waals surface area contributed by atoms with Gasteiger partial charge < -0.3 is 5.32 Å². The molecule has 0 aliphatic carbocycles. The molecule has 126 valence electrons. The number of amides is 1. The summed E-state index contributed by atoms with van der Waals surface area (Å²) in [6.07, 6.45) is 4.28. The second kappa shape index (κ2) is 7.71. The lowest BCUT2D eigenvalue weighted by atomic mass is 10.0. The van der Waals surface area contributed by atoms with Gasteiger partial charge in [0, 0.05) is 24.5 Å². The lowest BCUT2D eigenvalue weighted by Crippen LogP contribution is -2.22. The zero-order chi connectivity index (χ0) is 17.6. The first-order valence-corrected chi connectivity index (χ1v) is 8.22. The Bertz CT molecular complexity index is 858. The molecule has 1 aromatic heterocycles. The van der Waals surface area contributed by atoms with Gasteiger partial charge in [-0.25, -0.2) is 4.39 Å². The van der Waals surface area contributed by atoms with Crippen molar-refractivity contribution in [3.63, 3.8) is 0 Å². The Hall–Kier alpha value is -3.01. The molecule has 0 saturated heterocycles. The Balaban J connectivity index is 1.71. The first kappa shape index (κ1) is 16.8. The molecule has 0 fully saturated rings. The van der Waals surface area contributed by atoms with E-state index >= 15 is 0 Å². The van der Waals surface area contributed by atoms with E-state index in [2.05, 4.69) is 29.4 Å². The largest absolute Gasteiger partial charge is 0.348 e. The lowest BCUT2D eigenvalue weighted by Gasteiger charge is -2.08. The summed E-state index contributed by atoms with van der Waals surface area (Å²) in [5, 5.41) is 2.83. The smallest absolute Gasteiger partial charge is 0.253 e. The fraction of sp³-hybridized carbons (Fsp3) is 0.143. The van der Waals surface area contributed by atoms with Crippen molar-refractivity contribution in [2.75, 3.05) is 0 Å². The van der Waals surface area contributed by atoms with E-state index in [1.165, 1.54) is 17.7 Å². The molecule has 0 spiro atoms. The molecule has 0 unspecified atom stereocenters. The molecule has 25 heavy (non-hydrogen) atoms. The number of carbonyl (C=O) groups excluding carboxylic acids is 1. The molecular formula is C21H19FN2O. The molecular weight excluding hydrogens is 315 g/mol. The van der Waals surface area contributed by atoms with Crippen molar-refractivity contribution >= 4 is 5.91 Å². The summed E-state index contributed by atoms with van der Waals surface area (Å²) in [6, 6.07) is 16.1. The number of aryl methyl sites for hydroxylation is 1. The molecule has 0 aliphatic heterocycles. The summed E-state index contributed by atoms with van der Waals surface area (Å²) in [5.41, 5.74) is 4.54. The van der Waals surface area contributed by atoms with Crippen LogP contribution in [0.3, 0.4) is 0 Å². The normalized spacial score (nSPS) is 10.5. The SMILES string of the molecule is CCc1ccc(-c2cncc(C(=O)NCc3ccc(F)cc3)c2)cc1. The number of nitrogens with one attached hydrogen (secondary N) is 1. The predicted molar refractivity (Wildman–Crippen MR) is 96.6 cm³/mol. The Morgan fingerprint density at radius 3 is 2.32 bits per heavy atom. The van der Waals surface area contributed by atoms with Crippen LogP contribution in [-0.4, -0.2) is 10.9 Å². The summed E-state index contributed by atoms with van der Waals surface area (Å²) >= 11 is 0. The van der Waals surface area contributed by atoms with Crippen LogP contribution in [0.1, 0.15) is 28.4 Å². The Morgan fingerprint density at radius 2 is 1.64 bits per heavy atom. The topological polar surface area (TPSA) is 42.0 Å².